The van der Waals surface area contributed by atoms with Gasteiger partial charge in [0.25, 0.3) is 0 Å². The monoisotopic (exact) mass is 254 g/mol. The number of anilines is 1. The van der Waals surface area contributed by atoms with Crippen molar-refractivity contribution in [3.63, 3.8) is 0 Å². The number of hydrogen-bond donors (Lipinski definition) is 2. The summed E-state index contributed by atoms with van der Waals surface area (Å²) in [6, 6.07) is 5.13. The van der Waals surface area contributed by atoms with Crippen molar-refractivity contribution in [2.75, 3.05) is 12.3 Å². The first-order valence-corrected chi connectivity index (χ1v) is 7.34. The van der Waals surface area contributed by atoms with E-state index in [1.807, 2.05) is 0 Å². The highest BCUT2D eigenvalue weighted by Crippen LogP contribution is 2.32. The lowest BCUT2D eigenvalue weighted by atomic mass is 10.2. The Labute approximate surface area is 102 Å². The number of nitrogen functional groups attached to an aromatic ring is 1. The predicted octanol–water partition coefficient (Wildman–Crippen LogP) is 1.66. The SMILES string of the molecule is Cc1cccc(N)c1S(=O)(=O)NCCC1CC1. The van der Waals surface area contributed by atoms with Gasteiger partial charge in [0.15, 0.2) is 0 Å². The zero-order chi connectivity index (χ0) is 12.5. The Bertz CT molecular complexity index is 487. The summed E-state index contributed by atoms with van der Waals surface area (Å²) in [5, 5.41) is 0. The summed E-state index contributed by atoms with van der Waals surface area (Å²) in [5.41, 5.74) is 6.73. The molecule has 3 N–H and O–H groups in total. The van der Waals surface area contributed by atoms with Gasteiger partial charge in [-0.2, -0.15) is 0 Å². The van der Waals surface area contributed by atoms with E-state index in [4.69, 9.17) is 5.73 Å². The van der Waals surface area contributed by atoms with Crippen LogP contribution in [0.4, 0.5) is 5.69 Å². The number of nitrogens with one attached hydrogen (secondary N) is 1. The molecule has 17 heavy (non-hydrogen) atoms. The van der Waals surface area contributed by atoms with Crippen LogP contribution in [0.1, 0.15) is 24.8 Å². The molecule has 0 saturated heterocycles. The minimum absolute atomic E-state index is 0.218. The van der Waals surface area contributed by atoms with Gasteiger partial charge in [0.1, 0.15) is 4.90 Å². The fraction of sp³-hybridized carbons (Fsp3) is 0.500. The second-order valence-electron chi connectivity index (χ2n) is 4.62. The summed E-state index contributed by atoms with van der Waals surface area (Å²) in [7, 11) is -3.46. The van der Waals surface area contributed by atoms with Gasteiger partial charge in [0.05, 0.1) is 5.69 Å². The van der Waals surface area contributed by atoms with Crippen molar-refractivity contribution in [3.8, 4) is 0 Å². The van der Waals surface area contributed by atoms with Crippen LogP contribution in [0.2, 0.25) is 0 Å². The van der Waals surface area contributed by atoms with Crippen molar-refractivity contribution in [1.82, 2.24) is 4.72 Å². The summed E-state index contributed by atoms with van der Waals surface area (Å²) >= 11 is 0. The lowest BCUT2D eigenvalue weighted by Gasteiger charge is -2.11. The molecule has 0 aliphatic heterocycles. The van der Waals surface area contributed by atoms with Crippen molar-refractivity contribution in [3.05, 3.63) is 23.8 Å². The van der Waals surface area contributed by atoms with E-state index in [1.54, 1.807) is 25.1 Å². The van der Waals surface area contributed by atoms with Gasteiger partial charge in [-0.1, -0.05) is 25.0 Å². The van der Waals surface area contributed by atoms with Crippen molar-refractivity contribution in [1.29, 1.82) is 0 Å². The van der Waals surface area contributed by atoms with Gasteiger partial charge >= 0.3 is 0 Å². The van der Waals surface area contributed by atoms with Crippen LogP contribution >= 0.6 is 0 Å². The molecule has 1 saturated carbocycles. The lowest BCUT2D eigenvalue weighted by molar-refractivity contribution is 0.575. The smallest absolute Gasteiger partial charge is 0.242 e. The summed E-state index contributed by atoms with van der Waals surface area (Å²) in [6.07, 6.45) is 3.38. The van der Waals surface area contributed by atoms with E-state index >= 15 is 0 Å². The fourth-order valence-corrected chi connectivity index (χ4v) is 3.32. The Morgan fingerprint density at radius 2 is 2.12 bits per heavy atom. The van der Waals surface area contributed by atoms with Crippen molar-refractivity contribution < 1.29 is 8.42 Å². The van der Waals surface area contributed by atoms with Crippen LogP contribution < -0.4 is 10.5 Å². The van der Waals surface area contributed by atoms with E-state index in [2.05, 4.69) is 4.72 Å². The maximum Gasteiger partial charge on any atom is 0.242 e. The molecule has 0 atom stereocenters. The van der Waals surface area contributed by atoms with E-state index in [-0.39, 0.29) is 4.90 Å². The number of benzene rings is 1. The number of sulfonamides is 1. The van der Waals surface area contributed by atoms with E-state index in [0.29, 0.717) is 23.7 Å². The van der Waals surface area contributed by atoms with Crippen LogP contribution in [-0.2, 0) is 10.0 Å². The van der Waals surface area contributed by atoms with Gasteiger partial charge in [-0.25, -0.2) is 13.1 Å². The van der Waals surface area contributed by atoms with Crippen LogP contribution in [0.25, 0.3) is 0 Å². The highest BCUT2D eigenvalue weighted by Gasteiger charge is 2.23. The van der Waals surface area contributed by atoms with E-state index in [1.165, 1.54) is 12.8 Å². The third-order valence-electron chi connectivity index (χ3n) is 3.05. The first-order valence-electron chi connectivity index (χ1n) is 5.85. The summed E-state index contributed by atoms with van der Waals surface area (Å²) < 4.78 is 26.8. The molecule has 94 valence electrons. The average Bonchev–Trinajstić information content (AvgIpc) is 3.00. The van der Waals surface area contributed by atoms with E-state index in [9.17, 15) is 8.42 Å². The maximum atomic E-state index is 12.1. The first kappa shape index (κ1) is 12.4. The van der Waals surface area contributed by atoms with E-state index in [0.717, 1.165) is 6.42 Å². The Kier molecular flexibility index (Phi) is 3.40. The summed E-state index contributed by atoms with van der Waals surface area (Å²) in [6.45, 7) is 2.26. The largest absolute Gasteiger partial charge is 0.398 e. The van der Waals surface area contributed by atoms with Crippen LogP contribution in [0.15, 0.2) is 23.1 Å². The Morgan fingerprint density at radius 3 is 2.71 bits per heavy atom. The molecular weight excluding hydrogens is 236 g/mol. The van der Waals surface area contributed by atoms with Gasteiger partial charge in [-0.3, -0.25) is 0 Å². The minimum atomic E-state index is -3.46. The quantitative estimate of drug-likeness (QED) is 0.785. The molecular formula is C12H18N2O2S. The summed E-state index contributed by atoms with van der Waals surface area (Å²) in [5.74, 6) is 0.715. The van der Waals surface area contributed by atoms with Crippen LogP contribution in [0.5, 0.6) is 0 Å². The average molecular weight is 254 g/mol. The third kappa shape index (κ3) is 2.98. The van der Waals surface area contributed by atoms with Crippen LogP contribution in [0.3, 0.4) is 0 Å². The van der Waals surface area contributed by atoms with Gasteiger partial charge in [0.2, 0.25) is 10.0 Å². The Balaban J connectivity index is 2.12. The molecule has 0 unspecified atom stereocenters. The second kappa shape index (κ2) is 4.66. The number of aryl methyl sites for hydroxylation is 1. The molecule has 0 heterocycles. The molecule has 1 aromatic carbocycles. The lowest BCUT2D eigenvalue weighted by Crippen LogP contribution is -2.26. The maximum absolute atomic E-state index is 12.1. The second-order valence-corrected chi connectivity index (χ2v) is 6.33. The highest BCUT2D eigenvalue weighted by atomic mass is 32.2. The van der Waals surface area contributed by atoms with Crippen molar-refractivity contribution in [2.24, 2.45) is 5.92 Å². The van der Waals surface area contributed by atoms with Gasteiger partial charge in [0, 0.05) is 6.54 Å². The number of hydrogen-bond acceptors (Lipinski definition) is 3. The molecule has 5 heteroatoms. The highest BCUT2D eigenvalue weighted by molar-refractivity contribution is 7.89. The number of rotatable bonds is 5. The van der Waals surface area contributed by atoms with Gasteiger partial charge in [-0.05, 0) is 30.9 Å². The molecule has 0 amide bonds. The van der Waals surface area contributed by atoms with Gasteiger partial charge in [-0.15, -0.1) is 0 Å². The zero-order valence-corrected chi connectivity index (χ0v) is 10.8. The molecule has 1 aliphatic rings. The topological polar surface area (TPSA) is 72.2 Å². The van der Waals surface area contributed by atoms with E-state index < -0.39 is 10.0 Å². The molecule has 1 fully saturated rings. The predicted molar refractivity (Wildman–Crippen MR) is 68.1 cm³/mol. The van der Waals surface area contributed by atoms with Crippen molar-refractivity contribution >= 4 is 15.7 Å². The molecule has 1 aromatic rings. The molecule has 0 spiro atoms. The molecule has 2 rings (SSSR count). The first-order chi connectivity index (χ1) is 8.00. The Hall–Kier alpha value is -1.07. The standard InChI is InChI=1S/C12H18N2O2S/c1-9-3-2-4-11(13)12(9)17(15,16)14-8-7-10-5-6-10/h2-4,10,14H,5-8,13H2,1H3. The third-order valence-corrected chi connectivity index (χ3v) is 4.73. The Morgan fingerprint density at radius 1 is 1.41 bits per heavy atom. The molecule has 1 aliphatic carbocycles. The molecule has 0 aromatic heterocycles. The molecule has 0 radical (unpaired) electrons. The van der Waals surface area contributed by atoms with Crippen LogP contribution in [-0.4, -0.2) is 15.0 Å². The molecule has 4 nitrogen and oxygen atoms in total. The minimum Gasteiger partial charge on any atom is -0.398 e. The number of nitrogens with two attached hydrogens (primary N) is 1. The molecule has 0 bridgehead atoms. The van der Waals surface area contributed by atoms with Crippen molar-refractivity contribution in [2.45, 2.75) is 31.1 Å². The zero-order valence-electron chi connectivity index (χ0n) is 9.94. The van der Waals surface area contributed by atoms with Gasteiger partial charge < -0.3 is 5.73 Å². The summed E-state index contributed by atoms with van der Waals surface area (Å²) in [4.78, 5) is 0.218. The van der Waals surface area contributed by atoms with Crippen LogP contribution in [0, 0.1) is 12.8 Å². The fourth-order valence-electron chi connectivity index (χ4n) is 1.92. The normalized spacial score (nSPS) is 16.1.